The number of methoxy groups -OCH3 is 1. The lowest BCUT2D eigenvalue weighted by molar-refractivity contribution is -0.155. The molecule has 0 bridgehead atoms. The van der Waals surface area contributed by atoms with Crippen LogP contribution in [0.4, 0.5) is 4.79 Å². The smallest absolute Gasteiger partial charge is 0.408 e. The Bertz CT molecular complexity index is 1950. The second kappa shape index (κ2) is 17.0. The van der Waals surface area contributed by atoms with E-state index in [1.165, 1.54) is 19.2 Å². The number of amides is 3. The zero-order chi connectivity index (χ0) is 37.5. The minimum Gasteiger partial charge on any atom is -0.614 e. The first-order valence-corrected chi connectivity index (χ1v) is 18.9. The zero-order valence-electron chi connectivity index (χ0n) is 28.3. The standard InChI is InChI=1S/C38H34BrN3O10S/c1-49-36(45)28-18-17-27(51-28)21-26-22-53(48)35-30(40-33(43)29(23-11-5-2-6-12-23)41-38(47)50-20-19-39)34(44)42(35)31(26)37(46)52-32(24-13-7-3-8-14-24)25-15-9-4-10-16-25/h2-18,29-30,32,35H,19-22H2,1H3,(H,40,43)(H,41,47)/t29-,30+,35-,53?/m0/s1. The summed E-state index contributed by atoms with van der Waals surface area (Å²) in [4.78, 5) is 67.8. The average molecular weight is 805 g/mol. The number of β-lactam (4-membered cyclic amide) rings is 1. The number of nitrogens with one attached hydrogen (secondary N) is 2. The number of benzene rings is 3. The van der Waals surface area contributed by atoms with Gasteiger partial charge in [-0.05, 0) is 40.0 Å². The van der Waals surface area contributed by atoms with Crippen LogP contribution in [0.1, 0.15) is 45.2 Å². The average Bonchev–Trinajstić information content (AvgIpc) is 3.66. The third-order valence-corrected chi connectivity index (χ3v) is 10.5. The molecule has 53 heavy (non-hydrogen) atoms. The van der Waals surface area contributed by atoms with Crippen molar-refractivity contribution in [3.8, 4) is 0 Å². The second-order valence-corrected chi connectivity index (χ2v) is 14.2. The molecule has 3 aromatic carbocycles. The van der Waals surface area contributed by atoms with Crippen molar-refractivity contribution in [3.05, 3.63) is 143 Å². The Labute approximate surface area is 316 Å². The zero-order valence-corrected chi connectivity index (χ0v) is 30.7. The number of nitrogens with zero attached hydrogens (tertiary/aromatic N) is 1. The van der Waals surface area contributed by atoms with Crippen LogP contribution in [0, 0.1) is 0 Å². The van der Waals surface area contributed by atoms with Gasteiger partial charge in [-0.15, -0.1) is 0 Å². The third kappa shape index (κ3) is 8.32. The molecule has 0 spiro atoms. The predicted molar refractivity (Wildman–Crippen MR) is 195 cm³/mol. The molecule has 4 atom stereocenters. The van der Waals surface area contributed by atoms with Crippen molar-refractivity contribution in [3.63, 3.8) is 0 Å². The van der Waals surface area contributed by atoms with Crippen molar-refractivity contribution in [2.24, 2.45) is 0 Å². The minimum atomic E-state index is -1.82. The van der Waals surface area contributed by atoms with E-state index < -0.39 is 64.6 Å². The molecular weight excluding hydrogens is 770 g/mol. The lowest BCUT2D eigenvalue weighted by Crippen LogP contribution is -2.75. The summed E-state index contributed by atoms with van der Waals surface area (Å²) in [6.45, 7) is 0.0526. The number of carbonyl (C=O) groups excluding carboxylic acids is 5. The lowest BCUT2D eigenvalue weighted by Gasteiger charge is -2.49. The minimum absolute atomic E-state index is 0.0526. The normalized spacial score (nSPS) is 18.4. The summed E-state index contributed by atoms with van der Waals surface area (Å²) >= 11 is 1.36. The van der Waals surface area contributed by atoms with E-state index in [0.717, 1.165) is 4.90 Å². The highest BCUT2D eigenvalue weighted by molar-refractivity contribution is 9.09. The lowest BCUT2D eigenvalue weighted by atomic mass is 9.99. The maximum Gasteiger partial charge on any atom is 0.408 e. The molecule has 3 heterocycles. The molecule has 0 radical (unpaired) electrons. The summed E-state index contributed by atoms with van der Waals surface area (Å²) in [6, 6.07) is 26.9. The quantitative estimate of drug-likeness (QED) is 0.0645. The number of halogens is 1. The van der Waals surface area contributed by atoms with Gasteiger partial charge in [0.1, 0.15) is 29.9 Å². The number of hydrogen-bond donors (Lipinski definition) is 2. The summed E-state index contributed by atoms with van der Waals surface area (Å²) in [5.74, 6) is -3.03. The Morgan fingerprint density at radius 2 is 1.51 bits per heavy atom. The fourth-order valence-electron chi connectivity index (χ4n) is 6.09. The predicted octanol–water partition coefficient (Wildman–Crippen LogP) is 4.47. The topological polar surface area (TPSA) is 177 Å². The maximum absolute atomic E-state index is 14.4. The van der Waals surface area contributed by atoms with Crippen LogP contribution in [0.2, 0.25) is 0 Å². The SMILES string of the molecule is COC(=O)c1ccc(CC2=C(C(=O)OC(c3ccccc3)c3ccccc3)N3C(=O)[C@@H](NC(=O)[C@@H](NC(=O)OCCBr)c4ccccc4)[C@@H]3[S+]([O-])C2)o1. The van der Waals surface area contributed by atoms with Gasteiger partial charge in [0.2, 0.25) is 17.0 Å². The molecule has 3 amide bonds. The van der Waals surface area contributed by atoms with Crippen LogP contribution in [0.3, 0.4) is 0 Å². The molecule has 6 rings (SSSR count). The van der Waals surface area contributed by atoms with Crippen LogP contribution in [-0.2, 0) is 46.2 Å². The van der Waals surface area contributed by atoms with Gasteiger partial charge in [0, 0.05) is 17.3 Å². The van der Waals surface area contributed by atoms with Gasteiger partial charge in [0.15, 0.2) is 12.1 Å². The number of hydrogen-bond acceptors (Lipinski definition) is 10. The molecule has 2 aliphatic heterocycles. The summed E-state index contributed by atoms with van der Waals surface area (Å²) < 4.78 is 35.6. The number of rotatable bonds is 13. The molecule has 1 aromatic heterocycles. The first-order chi connectivity index (χ1) is 25.7. The molecule has 4 aromatic rings. The van der Waals surface area contributed by atoms with Gasteiger partial charge in [0.25, 0.3) is 5.91 Å². The van der Waals surface area contributed by atoms with Crippen LogP contribution in [-0.4, -0.2) is 75.5 Å². The molecule has 1 unspecified atom stereocenters. The number of esters is 2. The number of alkyl halides is 1. The van der Waals surface area contributed by atoms with Crippen LogP contribution < -0.4 is 10.6 Å². The molecule has 0 saturated carbocycles. The molecule has 2 N–H and O–H groups in total. The van der Waals surface area contributed by atoms with E-state index in [-0.39, 0.29) is 41.6 Å². The fourth-order valence-corrected chi connectivity index (χ4v) is 7.94. The monoisotopic (exact) mass is 803 g/mol. The van der Waals surface area contributed by atoms with Crippen LogP contribution in [0.25, 0.3) is 0 Å². The van der Waals surface area contributed by atoms with Gasteiger partial charge in [-0.25, -0.2) is 14.4 Å². The number of furan rings is 1. The van der Waals surface area contributed by atoms with Crippen LogP contribution in [0.15, 0.2) is 119 Å². The summed E-state index contributed by atoms with van der Waals surface area (Å²) in [5, 5.41) is 4.42. The van der Waals surface area contributed by atoms with Crippen LogP contribution in [0.5, 0.6) is 0 Å². The van der Waals surface area contributed by atoms with Gasteiger partial charge in [0.05, 0.1) is 7.11 Å². The fraction of sp³-hybridized carbons (Fsp3) is 0.237. The third-order valence-electron chi connectivity index (χ3n) is 8.53. The Morgan fingerprint density at radius 1 is 0.906 bits per heavy atom. The first-order valence-electron chi connectivity index (χ1n) is 16.4. The molecule has 13 nitrogen and oxygen atoms in total. The van der Waals surface area contributed by atoms with Crippen molar-refractivity contribution in [1.82, 2.24) is 15.5 Å². The Hall–Kier alpha value is -5.38. The highest BCUT2D eigenvalue weighted by atomic mass is 79.9. The van der Waals surface area contributed by atoms with E-state index in [0.29, 0.717) is 22.0 Å². The molecule has 2 aliphatic rings. The Kier molecular flexibility index (Phi) is 12.0. The summed E-state index contributed by atoms with van der Waals surface area (Å²) in [5.41, 5.74) is 1.89. The van der Waals surface area contributed by atoms with E-state index in [4.69, 9.17) is 18.6 Å². The molecule has 274 valence electrons. The molecule has 1 fully saturated rings. The van der Waals surface area contributed by atoms with E-state index >= 15 is 0 Å². The second-order valence-electron chi connectivity index (χ2n) is 11.9. The Morgan fingerprint density at radius 3 is 2.09 bits per heavy atom. The van der Waals surface area contributed by atoms with Crippen molar-refractivity contribution in [2.75, 3.05) is 24.8 Å². The van der Waals surface area contributed by atoms with E-state index in [9.17, 15) is 28.5 Å². The summed E-state index contributed by atoms with van der Waals surface area (Å²) in [6.07, 6.45) is -1.81. The van der Waals surface area contributed by atoms with Crippen molar-refractivity contribution < 1.29 is 47.2 Å². The largest absolute Gasteiger partial charge is 0.614 e. The molecule has 1 saturated heterocycles. The van der Waals surface area contributed by atoms with Gasteiger partial charge >= 0.3 is 18.0 Å². The highest BCUT2D eigenvalue weighted by Crippen LogP contribution is 2.40. The van der Waals surface area contributed by atoms with E-state index in [1.54, 1.807) is 30.3 Å². The van der Waals surface area contributed by atoms with Gasteiger partial charge in [-0.2, -0.15) is 0 Å². The number of alkyl carbamates (subject to hydrolysis) is 1. The van der Waals surface area contributed by atoms with Crippen LogP contribution >= 0.6 is 15.9 Å². The molecular formula is C38H34BrN3O10S. The van der Waals surface area contributed by atoms with Crippen molar-refractivity contribution in [2.45, 2.75) is 30.0 Å². The highest BCUT2D eigenvalue weighted by Gasteiger charge is 2.61. The number of ether oxygens (including phenoxy) is 3. The number of fused-ring (bicyclic) bond motifs is 1. The molecule has 0 aliphatic carbocycles. The van der Waals surface area contributed by atoms with Gasteiger partial charge in [-0.3, -0.25) is 14.5 Å². The van der Waals surface area contributed by atoms with Gasteiger partial charge in [-0.1, -0.05) is 107 Å². The van der Waals surface area contributed by atoms with Gasteiger partial charge < -0.3 is 33.8 Å². The molecule has 15 heteroatoms. The van der Waals surface area contributed by atoms with E-state index in [2.05, 4.69) is 26.6 Å². The first kappa shape index (κ1) is 37.4. The number of carbonyl (C=O) groups is 5. The van der Waals surface area contributed by atoms with Crippen molar-refractivity contribution >= 4 is 57.0 Å². The van der Waals surface area contributed by atoms with Crippen molar-refractivity contribution in [1.29, 1.82) is 0 Å². The van der Waals surface area contributed by atoms with E-state index in [1.807, 2.05) is 60.7 Å². The summed E-state index contributed by atoms with van der Waals surface area (Å²) in [7, 11) is 1.21. The Balaban J connectivity index is 1.32. The maximum atomic E-state index is 14.4.